The lowest BCUT2D eigenvalue weighted by Crippen LogP contribution is -2.64. The van der Waals surface area contributed by atoms with Gasteiger partial charge in [0.05, 0.1) is 62.9 Å². The Kier molecular flexibility index (Phi) is 21.1. The third kappa shape index (κ3) is 15.6. The summed E-state index contributed by atoms with van der Waals surface area (Å²) in [5, 5.41) is 34.0. The van der Waals surface area contributed by atoms with Gasteiger partial charge in [0.1, 0.15) is 23.2 Å². The Hall–Kier alpha value is -5.43. The average molecular weight is 1080 g/mol. The molecule has 6 unspecified atom stereocenters. The normalized spacial score (nSPS) is 21.3. The van der Waals surface area contributed by atoms with E-state index in [-0.39, 0.29) is 87.4 Å². The highest BCUT2D eigenvalue weighted by atomic mass is 35.5. The van der Waals surface area contributed by atoms with Gasteiger partial charge in [0.2, 0.25) is 11.8 Å². The van der Waals surface area contributed by atoms with Gasteiger partial charge in [-0.2, -0.15) is 0 Å². The number of fused-ring (bicyclic) bond motifs is 2. The van der Waals surface area contributed by atoms with Crippen molar-refractivity contribution in [2.24, 2.45) is 11.8 Å². The minimum absolute atomic E-state index is 0.00765. The van der Waals surface area contributed by atoms with Crippen LogP contribution >= 0.6 is 11.6 Å². The van der Waals surface area contributed by atoms with Crippen molar-refractivity contribution in [3.63, 3.8) is 0 Å². The first kappa shape index (κ1) is 57.3. The van der Waals surface area contributed by atoms with Gasteiger partial charge < -0.3 is 38.4 Å². The maximum absolute atomic E-state index is 15.8. The molecule has 0 aromatic heterocycles. The average Bonchev–Trinajstić information content (AvgIpc) is 4.13. The fourth-order valence-corrected chi connectivity index (χ4v) is 10.9. The van der Waals surface area contributed by atoms with E-state index in [1.165, 1.54) is 0 Å². The van der Waals surface area contributed by atoms with Crippen LogP contribution in [0.4, 0.5) is 18.4 Å². The van der Waals surface area contributed by atoms with Crippen LogP contribution in [0.3, 0.4) is 0 Å². The number of hydrogen-bond acceptors (Lipinski definition) is 17. The van der Waals surface area contributed by atoms with Crippen molar-refractivity contribution in [2.45, 2.75) is 127 Å². The van der Waals surface area contributed by atoms with E-state index in [2.05, 4.69) is 9.68 Å². The second-order valence-corrected chi connectivity index (χ2v) is 19.8. The van der Waals surface area contributed by atoms with Crippen molar-refractivity contribution in [1.82, 2.24) is 25.5 Å². The van der Waals surface area contributed by atoms with Crippen molar-refractivity contribution in [3.8, 4) is 11.5 Å². The van der Waals surface area contributed by atoms with Gasteiger partial charge in [-0.15, -0.1) is 0 Å². The third-order valence-electron chi connectivity index (χ3n) is 14.4. The first-order chi connectivity index (χ1) is 36.1. The lowest BCUT2D eigenvalue weighted by atomic mass is 9.65. The monoisotopic (exact) mass is 1080 g/mol. The van der Waals surface area contributed by atoms with E-state index in [0.717, 1.165) is 53.0 Å². The second kappa shape index (κ2) is 27.6. The Morgan fingerprint density at radius 2 is 1.43 bits per heavy atom. The van der Waals surface area contributed by atoms with Crippen LogP contribution in [0, 0.1) is 30.4 Å². The fourth-order valence-electron chi connectivity index (χ4n) is 10.7. The maximum atomic E-state index is 15.8. The molecule has 23 heteroatoms. The molecule has 412 valence electrons. The molecule has 3 heterocycles. The van der Waals surface area contributed by atoms with Gasteiger partial charge in [-0.1, -0.05) is 48.0 Å². The van der Waals surface area contributed by atoms with Gasteiger partial charge in [-0.05, 0) is 137 Å². The van der Waals surface area contributed by atoms with Crippen LogP contribution < -0.4 is 9.47 Å². The summed E-state index contributed by atoms with van der Waals surface area (Å²) in [5.41, 5.74) is 3.65. The fraction of sp³-hybridized carbons (Fsp3) is 0.577. The zero-order valence-electron chi connectivity index (χ0n) is 42.2. The Balaban J connectivity index is 1.13. The van der Waals surface area contributed by atoms with Gasteiger partial charge in [-0.3, -0.25) is 40.1 Å². The van der Waals surface area contributed by atoms with Gasteiger partial charge >= 0.3 is 12.2 Å². The molecule has 6 atom stereocenters. The largest absolute Gasteiger partial charge is 0.508 e. The van der Waals surface area contributed by atoms with Crippen molar-refractivity contribution < 1.29 is 82.1 Å². The predicted molar refractivity (Wildman–Crippen MR) is 260 cm³/mol. The molecule has 0 radical (unpaired) electrons. The molecule has 3 aromatic rings. The number of amides is 3. The minimum Gasteiger partial charge on any atom is -0.496 e. The van der Waals surface area contributed by atoms with Crippen LogP contribution in [0.5, 0.6) is 11.5 Å². The molecule has 3 aliphatic heterocycles. The van der Waals surface area contributed by atoms with Crippen LogP contribution in [0.15, 0.2) is 54.6 Å². The molecule has 0 spiro atoms. The second-order valence-electron chi connectivity index (χ2n) is 19.5. The highest BCUT2D eigenvalue weighted by Crippen LogP contribution is 2.50. The van der Waals surface area contributed by atoms with Gasteiger partial charge in [-0.25, -0.2) is 18.4 Å². The van der Waals surface area contributed by atoms with Crippen LogP contribution in [-0.2, 0) is 46.4 Å². The molecular weight excluding hydrogens is 1010 g/mol. The van der Waals surface area contributed by atoms with Crippen LogP contribution in [0.2, 0.25) is 5.02 Å². The maximum Gasteiger partial charge on any atom is 0.508 e. The summed E-state index contributed by atoms with van der Waals surface area (Å²) in [7, 11) is 1.60. The Morgan fingerprint density at radius 1 is 0.760 bits per heavy atom. The van der Waals surface area contributed by atoms with Crippen molar-refractivity contribution >= 4 is 35.7 Å². The van der Waals surface area contributed by atoms with E-state index in [1.807, 2.05) is 54.3 Å². The molecule has 2 bridgehead atoms. The number of halogens is 3. The summed E-state index contributed by atoms with van der Waals surface area (Å²) in [6.45, 7) is 2.61. The quantitative estimate of drug-likeness (QED) is 0.0255. The number of aryl methyl sites for hydroxylation is 2. The summed E-state index contributed by atoms with van der Waals surface area (Å²) in [5.74, 6) is -3.27. The number of piperidine rings is 2. The topological polar surface area (TPSA) is 230 Å². The number of benzene rings is 3. The van der Waals surface area contributed by atoms with E-state index in [9.17, 15) is 23.2 Å². The summed E-state index contributed by atoms with van der Waals surface area (Å²) >= 11 is 5.97. The van der Waals surface area contributed by atoms with E-state index < -0.39 is 64.3 Å². The Labute approximate surface area is 439 Å². The highest BCUT2D eigenvalue weighted by molar-refractivity contribution is 6.32. The summed E-state index contributed by atoms with van der Waals surface area (Å²) in [4.78, 5) is 72.1. The van der Waals surface area contributed by atoms with Gasteiger partial charge in [0, 0.05) is 37.1 Å². The molecule has 1 aliphatic carbocycles. The Morgan fingerprint density at radius 3 is 2.09 bits per heavy atom. The Bertz CT molecular complexity index is 2390. The third-order valence-corrected chi connectivity index (χ3v) is 14.7. The standard InChI is InChI=1S/C52H68ClF2N5O15/c1-33-27-35(13-20-45(33)69-2)31-57(38-16-17-38)50(62)46-41(36-14-11-34(12-15-36)9-8-24-70-48-43(55)19-18-42(54)47(48)53)30-40-28-37(29-44(46)58(40)51(63)71-22-3-5-25-74-59(65)66)49(61)56-21-7-10-39(56)32-73-52(64)72-23-4-6-26-75-60(67)68/h11-15,18-20,27,37-41,44,46,65-68H,3-10,16-17,21-26,28-32H2,1-2H3. The van der Waals surface area contributed by atoms with Crippen molar-refractivity contribution in [1.29, 1.82) is 0 Å². The molecule has 3 amide bonds. The zero-order chi connectivity index (χ0) is 53.6. The molecule has 75 heavy (non-hydrogen) atoms. The highest BCUT2D eigenvalue weighted by Gasteiger charge is 2.56. The number of methoxy groups -OCH3 is 1. The van der Waals surface area contributed by atoms with Crippen LogP contribution in [0.1, 0.15) is 105 Å². The number of nitrogens with zero attached hydrogens (tertiary/aromatic N) is 5. The molecule has 20 nitrogen and oxygen atoms in total. The molecular formula is C52H68ClF2N5O15. The number of likely N-dealkylation sites (tertiary alicyclic amines) is 1. The number of carbonyl (C=O) groups is 4. The van der Waals surface area contributed by atoms with Crippen LogP contribution in [-0.4, -0.2) is 148 Å². The SMILES string of the molecule is COc1ccc(CN(C(=O)C2C(c3ccc(CCCOc4c(F)ccc(F)c4Cl)cc3)CC3CC(C(=O)N4CCCC4COC(=O)OCCCCON(O)O)CC2N3C(=O)OCCCCON(O)O)C2CC2)cc1C. The van der Waals surface area contributed by atoms with E-state index in [4.69, 9.17) is 56.1 Å². The summed E-state index contributed by atoms with van der Waals surface area (Å²) in [6.07, 6.45) is 4.54. The molecule has 1 saturated carbocycles. The number of rotatable bonds is 26. The van der Waals surface area contributed by atoms with E-state index in [1.54, 1.807) is 16.9 Å². The van der Waals surface area contributed by atoms with Gasteiger partial charge in [0.25, 0.3) is 0 Å². The van der Waals surface area contributed by atoms with E-state index in [0.29, 0.717) is 70.9 Å². The molecule has 4 fully saturated rings. The molecule has 4 aliphatic rings. The van der Waals surface area contributed by atoms with Crippen molar-refractivity contribution in [3.05, 3.63) is 93.5 Å². The lowest BCUT2D eigenvalue weighted by molar-refractivity contribution is -0.492. The molecule has 7 rings (SSSR count). The minimum atomic E-state index is -0.902. The first-order valence-electron chi connectivity index (χ1n) is 25.6. The number of unbranched alkanes of at least 4 members (excludes halogenated alkanes) is 2. The number of hydrogen-bond donors (Lipinski definition) is 4. The molecule has 3 aromatic carbocycles. The number of carbonyl (C=O) groups excluding carboxylic acids is 4. The number of ether oxygens (including phenoxy) is 5. The smallest absolute Gasteiger partial charge is 0.496 e. The zero-order valence-corrected chi connectivity index (χ0v) is 43.0. The molecule has 4 N–H and O–H groups in total. The first-order valence-corrected chi connectivity index (χ1v) is 26.0. The lowest BCUT2D eigenvalue weighted by Gasteiger charge is -2.54. The van der Waals surface area contributed by atoms with E-state index >= 15 is 4.79 Å². The predicted octanol–water partition coefficient (Wildman–Crippen LogP) is 8.56. The van der Waals surface area contributed by atoms with Crippen LogP contribution in [0.25, 0.3) is 0 Å². The summed E-state index contributed by atoms with van der Waals surface area (Å²) in [6, 6.07) is 13.9. The van der Waals surface area contributed by atoms with Gasteiger partial charge in [0.15, 0.2) is 11.6 Å². The van der Waals surface area contributed by atoms with Crippen molar-refractivity contribution in [2.75, 3.05) is 53.3 Å². The molecule has 3 saturated heterocycles. The summed E-state index contributed by atoms with van der Waals surface area (Å²) < 4.78 is 56.0.